The Balaban J connectivity index is 2.81. The quantitative estimate of drug-likeness (QED) is 0.833. The van der Waals surface area contributed by atoms with Gasteiger partial charge in [0.1, 0.15) is 0 Å². The first-order valence-corrected chi connectivity index (χ1v) is 6.34. The maximum atomic E-state index is 11.7. The fourth-order valence-corrected chi connectivity index (χ4v) is 1.80. The van der Waals surface area contributed by atoms with Crippen molar-refractivity contribution in [2.75, 3.05) is 5.32 Å². The monoisotopic (exact) mass is 233 g/mol. The molecule has 0 aliphatic heterocycles. The van der Waals surface area contributed by atoms with Gasteiger partial charge < -0.3 is 5.32 Å². The van der Waals surface area contributed by atoms with Gasteiger partial charge in [-0.2, -0.15) is 0 Å². The van der Waals surface area contributed by atoms with Crippen molar-refractivity contribution in [1.29, 1.82) is 0 Å². The predicted molar refractivity (Wildman–Crippen MR) is 73.3 cm³/mol. The third-order valence-corrected chi connectivity index (χ3v) is 2.77. The van der Waals surface area contributed by atoms with E-state index in [1.54, 1.807) is 0 Å². The van der Waals surface area contributed by atoms with Crippen molar-refractivity contribution in [3.63, 3.8) is 0 Å². The Morgan fingerprint density at radius 3 is 2.47 bits per heavy atom. The standard InChI is InChI=1S/C15H23NO/c1-5-6-11-14(17)16-13-10-8-7-9-12(13)15(2,3)4/h7-10H,5-6,11H2,1-4H3,(H,16,17). The van der Waals surface area contributed by atoms with Crippen LogP contribution >= 0.6 is 0 Å². The van der Waals surface area contributed by atoms with Crippen LogP contribution in [0.5, 0.6) is 0 Å². The molecule has 1 aromatic rings. The van der Waals surface area contributed by atoms with Crippen LogP contribution in [0.1, 0.15) is 52.5 Å². The molecule has 1 amide bonds. The second-order valence-corrected chi connectivity index (χ2v) is 5.45. The first-order valence-electron chi connectivity index (χ1n) is 6.34. The molecule has 0 aliphatic rings. The molecule has 0 fully saturated rings. The Morgan fingerprint density at radius 1 is 1.24 bits per heavy atom. The third-order valence-electron chi connectivity index (χ3n) is 2.77. The first-order chi connectivity index (χ1) is 7.95. The molecule has 2 heteroatoms. The summed E-state index contributed by atoms with van der Waals surface area (Å²) in [6.45, 7) is 8.56. The molecule has 0 radical (unpaired) electrons. The Kier molecular flexibility index (Phi) is 4.73. The van der Waals surface area contributed by atoms with E-state index in [-0.39, 0.29) is 11.3 Å². The molecule has 1 aromatic carbocycles. The van der Waals surface area contributed by atoms with Crippen LogP contribution < -0.4 is 5.32 Å². The van der Waals surface area contributed by atoms with E-state index < -0.39 is 0 Å². The zero-order valence-corrected chi connectivity index (χ0v) is 11.3. The molecule has 0 saturated heterocycles. The van der Waals surface area contributed by atoms with Gasteiger partial charge in [-0.05, 0) is 23.5 Å². The zero-order valence-electron chi connectivity index (χ0n) is 11.3. The Morgan fingerprint density at radius 2 is 1.88 bits per heavy atom. The van der Waals surface area contributed by atoms with Crippen LogP contribution in [-0.4, -0.2) is 5.91 Å². The number of carbonyl (C=O) groups excluding carboxylic acids is 1. The first kappa shape index (κ1) is 13.8. The van der Waals surface area contributed by atoms with Crippen LogP contribution in [0.4, 0.5) is 5.69 Å². The highest BCUT2D eigenvalue weighted by Gasteiger charge is 2.18. The minimum absolute atomic E-state index is 0.0502. The van der Waals surface area contributed by atoms with Crippen molar-refractivity contribution in [2.45, 2.75) is 52.4 Å². The second-order valence-electron chi connectivity index (χ2n) is 5.45. The number of nitrogens with one attached hydrogen (secondary N) is 1. The molecule has 2 nitrogen and oxygen atoms in total. The summed E-state index contributed by atoms with van der Waals surface area (Å²) >= 11 is 0. The van der Waals surface area contributed by atoms with E-state index in [2.05, 4.69) is 39.1 Å². The molecule has 0 saturated carbocycles. The molecule has 0 aliphatic carbocycles. The maximum absolute atomic E-state index is 11.7. The van der Waals surface area contributed by atoms with E-state index in [1.165, 1.54) is 5.56 Å². The molecule has 0 atom stereocenters. The van der Waals surface area contributed by atoms with Gasteiger partial charge >= 0.3 is 0 Å². The van der Waals surface area contributed by atoms with Gasteiger partial charge in [-0.15, -0.1) is 0 Å². The number of hydrogen-bond donors (Lipinski definition) is 1. The normalized spacial score (nSPS) is 11.3. The molecule has 17 heavy (non-hydrogen) atoms. The number of rotatable bonds is 4. The molecular weight excluding hydrogens is 210 g/mol. The summed E-state index contributed by atoms with van der Waals surface area (Å²) in [6, 6.07) is 8.03. The third kappa shape index (κ3) is 4.22. The molecule has 94 valence electrons. The number of anilines is 1. The fourth-order valence-electron chi connectivity index (χ4n) is 1.80. The summed E-state index contributed by atoms with van der Waals surface area (Å²) in [4.78, 5) is 11.7. The summed E-state index contributed by atoms with van der Waals surface area (Å²) in [5.74, 6) is 0.114. The van der Waals surface area contributed by atoms with E-state index in [4.69, 9.17) is 0 Å². The van der Waals surface area contributed by atoms with Crippen LogP contribution in [0.2, 0.25) is 0 Å². The summed E-state index contributed by atoms with van der Waals surface area (Å²) in [5.41, 5.74) is 2.18. The predicted octanol–water partition coefficient (Wildman–Crippen LogP) is 4.11. The Hall–Kier alpha value is -1.31. The average molecular weight is 233 g/mol. The zero-order chi connectivity index (χ0) is 12.9. The van der Waals surface area contributed by atoms with Gasteiger partial charge in [0.25, 0.3) is 0 Å². The van der Waals surface area contributed by atoms with Gasteiger partial charge in [0, 0.05) is 12.1 Å². The second kappa shape index (κ2) is 5.85. The van der Waals surface area contributed by atoms with Gasteiger partial charge in [0.15, 0.2) is 0 Å². The lowest BCUT2D eigenvalue weighted by Gasteiger charge is -2.23. The highest BCUT2D eigenvalue weighted by Crippen LogP contribution is 2.29. The molecule has 0 spiro atoms. The highest BCUT2D eigenvalue weighted by atomic mass is 16.1. The van der Waals surface area contributed by atoms with Gasteiger partial charge in [-0.1, -0.05) is 52.3 Å². The van der Waals surface area contributed by atoms with Gasteiger partial charge in [0.05, 0.1) is 0 Å². The van der Waals surface area contributed by atoms with Crippen molar-refractivity contribution in [3.05, 3.63) is 29.8 Å². The molecule has 0 heterocycles. The minimum Gasteiger partial charge on any atom is -0.326 e. The van der Waals surface area contributed by atoms with E-state index in [0.29, 0.717) is 6.42 Å². The van der Waals surface area contributed by atoms with E-state index in [9.17, 15) is 4.79 Å². The van der Waals surface area contributed by atoms with Crippen molar-refractivity contribution in [2.24, 2.45) is 0 Å². The number of amides is 1. The van der Waals surface area contributed by atoms with Crippen molar-refractivity contribution in [1.82, 2.24) is 0 Å². The summed E-state index contributed by atoms with van der Waals surface area (Å²) in [6.07, 6.45) is 2.60. The molecule has 0 bridgehead atoms. The molecular formula is C15H23NO. The number of hydrogen-bond acceptors (Lipinski definition) is 1. The lowest BCUT2D eigenvalue weighted by atomic mass is 9.86. The number of para-hydroxylation sites is 1. The topological polar surface area (TPSA) is 29.1 Å². The van der Waals surface area contributed by atoms with E-state index >= 15 is 0 Å². The highest BCUT2D eigenvalue weighted by molar-refractivity contribution is 5.91. The lowest BCUT2D eigenvalue weighted by molar-refractivity contribution is -0.116. The van der Waals surface area contributed by atoms with E-state index in [1.807, 2.05) is 18.2 Å². The van der Waals surface area contributed by atoms with Crippen LogP contribution in [0.15, 0.2) is 24.3 Å². The fraction of sp³-hybridized carbons (Fsp3) is 0.533. The largest absolute Gasteiger partial charge is 0.326 e. The Labute approximate surface area is 104 Å². The average Bonchev–Trinajstić information content (AvgIpc) is 2.25. The van der Waals surface area contributed by atoms with Crippen molar-refractivity contribution >= 4 is 11.6 Å². The number of benzene rings is 1. The van der Waals surface area contributed by atoms with Crippen LogP contribution in [0, 0.1) is 0 Å². The van der Waals surface area contributed by atoms with Crippen LogP contribution in [-0.2, 0) is 10.2 Å². The van der Waals surface area contributed by atoms with Gasteiger partial charge in [-0.3, -0.25) is 4.79 Å². The van der Waals surface area contributed by atoms with Gasteiger partial charge in [0.2, 0.25) is 5.91 Å². The van der Waals surface area contributed by atoms with E-state index in [0.717, 1.165) is 18.5 Å². The van der Waals surface area contributed by atoms with Crippen LogP contribution in [0.3, 0.4) is 0 Å². The summed E-state index contributed by atoms with van der Waals surface area (Å²) < 4.78 is 0. The number of carbonyl (C=O) groups is 1. The molecule has 1 N–H and O–H groups in total. The smallest absolute Gasteiger partial charge is 0.224 e. The minimum atomic E-state index is 0.0502. The number of unbranched alkanes of at least 4 members (excludes halogenated alkanes) is 1. The summed E-state index contributed by atoms with van der Waals surface area (Å²) in [7, 11) is 0. The molecule has 1 rings (SSSR count). The lowest BCUT2D eigenvalue weighted by Crippen LogP contribution is -2.18. The SMILES string of the molecule is CCCCC(=O)Nc1ccccc1C(C)(C)C. The molecule has 0 unspecified atom stereocenters. The summed E-state index contributed by atoms with van der Waals surface area (Å²) in [5, 5.41) is 3.01. The maximum Gasteiger partial charge on any atom is 0.224 e. The van der Waals surface area contributed by atoms with Crippen molar-refractivity contribution < 1.29 is 4.79 Å². The van der Waals surface area contributed by atoms with Gasteiger partial charge in [-0.25, -0.2) is 0 Å². The molecule has 0 aromatic heterocycles. The van der Waals surface area contributed by atoms with Crippen molar-refractivity contribution in [3.8, 4) is 0 Å². The van der Waals surface area contributed by atoms with Crippen LogP contribution in [0.25, 0.3) is 0 Å². The Bertz CT molecular complexity index is 377.